The number of nitrogens with one attached hydrogen (secondary N) is 2. The molecule has 0 bridgehead atoms. The Kier molecular flexibility index (Phi) is 10.4. The maximum atomic E-state index is 12.2. The summed E-state index contributed by atoms with van der Waals surface area (Å²) < 4.78 is 1.47. The highest BCUT2D eigenvalue weighted by atomic mass is 32.2. The maximum Gasteiger partial charge on any atom is 0.326 e. The fourth-order valence-electron chi connectivity index (χ4n) is 4.08. The summed E-state index contributed by atoms with van der Waals surface area (Å²) in [5.41, 5.74) is 0.856. The summed E-state index contributed by atoms with van der Waals surface area (Å²) in [6.07, 6.45) is 2.19. The number of unbranched alkanes of at least 4 members (excludes halogenated alkanes) is 1. The number of thioether (sulfide) groups is 1. The molecule has 3 rings (SSSR count). The molecule has 2 heterocycles. The van der Waals surface area contributed by atoms with Crippen molar-refractivity contribution in [3.63, 3.8) is 0 Å². The largest absolute Gasteiger partial charge is 0.481 e. The number of rotatable bonds is 14. The van der Waals surface area contributed by atoms with Crippen LogP contribution < -0.4 is 10.6 Å². The Hall–Kier alpha value is -3.30. The zero-order valence-electron chi connectivity index (χ0n) is 21.1. The van der Waals surface area contributed by atoms with E-state index in [1.165, 1.54) is 22.5 Å². The van der Waals surface area contributed by atoms with Crippen LogP contribution in [0.25, 0.3) is 11.2 Å². The first kappa shape index (κ1) is 29.3. The van der Waals surface area contributed by atoms with Crippen molar-refractivity contribution in [2.75, 3.05) is 17.6 Å². The van der Waals surface area contributed by atoms with Gasteiger partial charge in [0.1, 0.15) is 12.1 Å². The Morgan fingerprint density at radius 2 is 1.92 bits per heavy atom. The van der Waals surface area contributed by atoms with Crippen molar-refractivity contribution < 1.29 is 34.8 Å². The van der Waals surface area contributed by atoms with Crippen LogP contribution in [0.2, 0.25) is 0 Å². The second-order valence-corrected chi connectivity index (χ2v) is 10.1. The normalized spacial score (nSPS) is 22.1. The number of aromatic nitrogens is 5. The summed E-state index contributed by atoms with van der Waals surface area (Å²) in [5.74, 6) is -2.99. The minimum atomic E-state index is -1.60. The van der Waals surface area contributed by atoms with Crippen LogP contribution >= 0.6 is 11.8 Å². The van der Waals surface area contributed by atoms with Gasteiger partial charge in [-0.3, -0.25) is 9.59 Å². The number of fused-ring (bicyclic) bond motifs is 1. The van der Waals surface area contributed by atoms with E-state index in [0.717, 1.165) is 31.1 Å². The third-order valence-electron chi connectivity index (χ3n) is 6.06. The first-order chi connectivity index (χ1) is 18.2. The van der Waals surface area contributed by atoms with Gasteiger partial charge in [0.15, 0.2) is 22.1 Å². The topological polar surface area (TPSA) is 213 Å². The Labute approximate surface area is 222 Å². The van der Waals surface area contributed by atoms with Crippen molar-refractivity contribution in [2.45, 2.75) is 75.4 Å². The van der Waals surface area contributed by atoms with E-state index in [4.69, 9.17) is 10.2 Å². The van der Waals surface area contributed by atoms with E-state index in [9.17, 15) is 24.6 Å². The van der Waals surface area contributed by atoms with E-state index in [1.54, 1.807) is 0 Å². The number of aliphatic hydroxyl groups is 2. The number of carboxylic acids is 2. The van der Waals surface area contributed by atoms with Crippen molar-refractivity contribution in [2.24, 2.45) is 5.92 Å². The fraction of sp³-hybridized carbons (Fsp3) is 0.609. The van der Waals surface area contributed by atoms with E-state index < -0.39 is 54.5 Å². The molecule has 0 radical (unpaired) electrons. The Bertz CT molecular complexity index is 1170. The van der Waals surface area contributed by atoms with Crippen molar-refractivity contribution >= 4 is 46.6 Å². The number of nitrogens with zero attached hydrogens (tertiary/aromatic N) is 5. The SMILES string of the molecule is CCCCNc1nc(SCCC)nc2c1nnn2[C@H]1C[C@@H](/C=C/C(=O)N[C@@H](CC(=O)O)C(=O)O)C(O)[C@@H]1O. The first-order valence-electron chi connectivity index (χ1n) is 12.4. The van der Waals surface area contributed by atoms with E-state index in [0.29, 0.717) is 28.7 Å². The van der Waals surface area contributed by atoms with Crippen LogP contribution in [0.3, 0.4) is 0 Å². The summed E-state index contributed by atoms with van der Waals surface area (Å²) >= 11 is 1.49. The number of carbonyl (C=O) groups excluding carboxylic acids is 1. The third-order valence-corrected chi connectivity index (χ3v) is 7.11. The summed E-state index contributed by atoms with van der Waals surface area (Å²) in [7, 11) is 0. The van der Waals surface area contributed by atoms with Crippen molar-refractivity contribution in [3.05, 3.63) is 12.2 Å². The lowest BCUT2D eigenvalue weighted by Crippen LogP contribution is -2.41. The minimum absolute atomic E-state index is 0.197. The molecule has 0 saturated heterocycles. The quantitative estimate of drug-likeness (QED) is 0.0831. The van der Waals surface area contributed by atoms with Gasteiger partial charge in [0.2, 0.25) is 5.91 Å². The molecule has 1 fully saturated rings. The fourth-order valence-corrected chi connectivity index (χ4v) is 4.77. The molecule has 0 spiro atoms. The molecule has 15 heteroatoms. The van der Waals surface area contributed by atoms with E-state index in [2.05, 4.69) is 44.8 Å². The number of anilines is 1. The number of carboxylic acid groups (broad SMARTS) is 2. The molecule has 5 atom stereocenters. The Morgan fingerprint density at radius 3 is 2.58 bits per heavy atom. The van der Waals surface area contributed by atoms with Crippen LogP contribution in [0, 0.1) is 5.92 Å². The van der Waals surface area contributed by atoms with Gasteiger partial charge in [-0.25, -0.2) is 19.4 Å². The van der Waals surface area contributed by atoms with Crippen LogP contribution in [0.5, 0.6) is 0 Å². The third kappa shape index (κ3) is 7.17. The van der Waals surface area contributed by atoms with Crippen molar-refractivity contribution in [1.29, 1.82) is 0 Å². The lowest BCUT2D eigenvalue weighted by atomic mass is 10.0. The summed E-state index contributed by atoms with van der Waals surface area (Å²) in [4.78, 5) is 43.4. The van der Waals surface area contributed by atoms with Gasteiger partial charge in [-0.15, -0.1) is 5.10 Å². The van der Waals surface area contributed by atoms with Crippen molar-refractivity contribution in [3.8, 4) is 0 Å². The molecule has 1 amide bonds. The molecule has 0 aromatic carbocycles. The monoisotopic (exact) mass is 551 g/mol. The van der Waals surface area contributed by atoms with Gasteiger partial charge < -0.3 is 31.1 Å². The number of hydrogen-bond donors (Lipinski definition) is 6. The molecule has 1 aliphatic carbocycles. The number of hydrogen-bond acceptors (Lipinski definition) is 11. The lowest BCUT2D eigenvalue weighted by molar-refractivity contribution is -0.146. The van der Waals surface area contributed by atoms with Crippen LogP contribution in [-0.2, 0) is 14.4 Å². The smallest absolute Gasteiger partial charge is 0.326 e. The Morgan fingerprint density at radius 1 is 1.16 bits per heavy atom. The molecular formula is C23H33N7O7S. The standard InChI is InChI=1S/C23H33N7O7S/c1-3-5-8-24-20-17-21(27-23(26-20)38-9-4-2)30(29-28-17)14-10-12(18(34)19(14)35)6-7-15(31)25-13(22(36)37)11-16(32)33/h6-7,12-14,18-19,34-35H,3-5,8-11H2,1-2H3,(H,25,31)(H,32,33)(H,36,37)(H,24,26,27)/b7-6+/t12-,13+,14+,18?,19-/m1/s1. The van der Waals surface area contributed by atoms with Crippen LogP contribution in [0.1, 0.15) is 52.0 Å². The molecule has 38 heavy (non-hydrogen) atoms. The van der Waals surface area contributed by atoms with Crippen LogP contribution in [-0.4, -0.2) is 93.8 Å². The first-order valence-corrected chi connectivity index (χ1v) is 13.4. The highest BCUT2D eigenvalue weighted by molar-refractivity contribution is 7.99. The van der Waals surface area contributed by atoms with Gasteiger partial charge >= 0.3 is 11.9 Å². The molecule has 0 aliphatic heterocycles. The molecular weight excluding hydrogens is 518 g/mol. The second kappa shape index (κ2) is 13.5. The number of amides is 1. The summed E-state index contributed by atoms with van der Waals surface area (Å²) in [6, 6.07) is -2.30. The van der Waals surface area contributed by atoms with Gasteiger partial charge in [-0.2, -0.15) is 0 Å². The van der Waals surface area contributed by atoms with Gasteiger partial charge in [-0.1, -0.05) is 43.3 Å². The Balaban J connectivity index is 1.81. The van der Waals surface area contributed by atoms with Gasteiger partial charge in [0, 0.05) is 18.2 Å². The zero-order chi connectivity index (χ0) is 27.8. The molecule has 208 valence electrons. The minimum Gasteiger partial charge on any atom is -0.481 e. The maximum absolute atomic E-state index is 12.2. The van der Waals surface area contributed by atoms with Gasteiger partial charge in [-0.05, 0) is 25.3 Å². The highest BCUT2D eigenvalue weighted by Crippen LogP contribution is 2.37. The number of aliphatic carboxylic acids is 2. The molecule has 6 N–H and O–H groups in total. The van der Waals surface area contributed by atoms with Gasteiger partial charge in [0.05, 0.1) is 18.6 Å². The lowest BCUT2D eigenvalue weighted by Gasteiger charge is -2.17. The molecule has 2 aromatic heterocycles. The van der Waals surface area contributed by atoms with Crippen LogP contribution in [0.15, 0.2) is 17.3 Å². The predicted octanol–water partition coefficient (Wildman–Crippen LogP) is 0.819. The van der Waals surface area contributed by atoms with E-state index in [1.807, 2.05) is 0 Å². The molecule has 1 aliphatic rings. The zero-order valence-corrected chi connectivity index (χ0v) is 22.0. The molecule has 14 nitrogen and oxygen atoms in total. The average Bonchev–Trinajstić information content (AvgIpc) is 3.41. The second-order valence-electron chi connectivity index (χ2n) is 8.99. The molecule has 1 unspecified atom stereocenters. The molecule has 2 aromatic rings. The highest BCUT2D eigenvalue weighted by Gasteiger charge is 2.43. The summed E-state index contributed by atoms with van der Waals surface area (Å²) in [6.45, 7) is 4.83. The molecule has 1 saturated carbocycles. The van der Waals surface area contributed by atoms with Crippen molar-refractivity contribution in [1.82, 2.24) is 30.3 Å². The number of aliphatic hydroxyl groups excluding tert-OH is 2. The van der Waals surface area contributed by atoms with Gasteiger partial charge in [0.25, 0.3) is 0 Å². The predicted molar refractivity (Wildman–Crippen MR) is 138 cm³/mol. The average molecular weight is 552 g/mol. The summed E-state index contributed by atoms with van der Waals surface area (Å²) in [5, 5.41) is 53.7. The van der Waals surface area contributed by atoms with E-state index >= 15 is 0 Å². The van der Waals surface area contributed by atoms with E-state index in [-0.39, 0.29) is 6.42 Å². The van der Waals surface area contributed by atoms with Crippen LogP contribution in [0.4, 0.5) is 5.82 Å². The number of carbonyl (C=O) groups is 3.